The van der Waals surface area contributed by atoms with Gasteiger partial charge in [-0.2, -0.15) is 5.26 Å². The molecule has 12 nitrogen and oxygen atoms in total. The van der Waals surface area contributed by atoms with Gasteiger partial charge in [0.25, 0.3) is 5.91 Å². The molecule has 4 aromatic rings. The molecule has 0 aromatic heterocycles. The van der Waals surface area contributed by atoms with Crippen LogP contribution in [0.2, 0.25) is 0 Å². The molecule has 3 aliphatic rings. The second-order valence-corrected chi connectivity index (χ2v) is 18.1. The summed E-state index contributed by atoms with van der Waals surface area (Å²) in [5.74, 6) is -4.20. The van der Waals surface area contributed by atoms with Crippen LogP contribution in [0.15, 0.2) is 97.1 Å². The van der Waals surface area contributed by atoms with E-state index in [0.29, 0.717) is 49.5 Å². The highest BCUT2D eigenvalue weighted by atomic mass is 31.2. The number of hydrogen-bond donors (Lipinski definition) is 2. The van der Waals surface area contributed by atoms with Crippen molar-refractivity contribution < 1.29 is 37.4 Å². The molecule has 3 amide bonds. The van der Waals surface area contributed by atoms with E-state index in [-0.39, 0.29) is 53.2 Å². The zero-order valence-corrected chi connectivity index (χ0v) is 34.8. The van der Waals surface area contributed by atoms with Crippen molar-refractivity contribution in [2.45, 2.75) is 94.8 Å². The number of alkyl halides is 1. The van der Waals surface area contributed by atoms with Gasteiger partial charge in [-0.05, 0) is 91.3 Å². The third-order valence-corrected chi connectivity index (χ3v) is 13.9. The molecule has 0 bridgehead atoms. The number of rotatable bonds is 13. The molecule has 2 N–H and O–H groups in total. The first-order chi connectivity index (χ1) is 29.0. The van der Waals surface area contributed by atoms with Crippen molar-refractivity contribution in [3.05, 3.63) is 114 Å². The molecule has 0 spiro atoms. The molecule has 3 saturated heterocycles. The highest BCUT2D eigenvalue weighted by Gasteiger charge is 2.47. The van der Waals surface area contributed by atoms with Crippen molar-refractivity contribution in [3.8, 4) is 11.8 Å². The van der Waals surface area contributed by atoms with Crippen LogP contribution in [0.1, 0.15) is 92.1 Å². The first-order valence-electron chi connectivity index (χ1n) is 20.8. The van der Waals surface area contributed by atoms with E-state index in [9.17, 15) is 29.0 Å². The lowest BCUT2D eigenvalue weighted by atomic mass is 9.90. The van der Waals surface area contributed by atoms with Gasteiger partial charge in [-0.25, -0.2) is 9.48 Å². The highest BCUT2D eigenvalue weighted by molar-refractivity contribution is 7.57. The van der Waals surface area contributed by atoms with Crippen LogP contribution >= 0.6 is 7.52 Å². The number of nitrogens with one attached hydrogen (secondary N) is 2. The van der Waals surface area contributed by atoms with Crippen LogP contribution in [0, 0.1) is 17.2 Å². The first kappa shape index (κ1) is 42.6. The van der Waals surface area contributed by atoms with Crippen LogP contribution in [0.25, 0.3) is 10.8 Å². The number of para-hydroxylation sites is 1. The number of esters is 1. The average molecular weight is 836 g/mol. The minimum absolute atomic E-state index is 0.00103. The molecule has 60 heavy (non-hydrogen) atoms. The topological polar surface area (TPSA) is 158 Å². The Morgan fingerprint density at radius 3 is 2.37 bits per heavy atom. The largest absolute Gasteiger partial charge is 0.465 e. The summed E-state index contributed by atoms with van der Waals surface area (Å²) < 4.78 is 41.9. The van der Waals surface area contributed by atoms with Gasteiger partial charge >= 0.3 is 13.5 Å². The summed E-state index contributed by atoms with van der Waals surface area (Å²) in [4.78, 5) is 58.5. The standard InChI is InChI=1S/C46H51FN5O7P/c1-3-24-58-46(56)30(2)50-60(57,59-38-15-8-5-9-16-38)42(47)33-20-18-31-19-21-34(26-35(31)25-33)43(53)49-40-17-11-10-14-37-22-23-41(52(37)44(40)54)45(55)51-28-36(27-48)39(29-51)32-12-6-4-7-13-32/h4-9,12-13,15-16,18-21,25-26,30,36-37,39-42H,3,10-11,14,17,22-24,28-29H2,1-2H3,(H,49,53)(H,50,57)/t30-,36-,37-,39+,40?,41-,42?,60?/m0/s1. The maximum Gasteiger partial charge on any atom is 0.355 e. The monoisotopic (exact) mass is 835 g/mol. The second kappa shape index (κ2) is 18.8. The molecule has 7 rings (SSSR count). The lowest BCUT2D eigenvalue weighted by Gasteiger charge is -2.36. The van der Waals surface area contributed by atoms with E-state index < -0.39 is 43.4 Å². The molecular weight excluding hydrogens is 785 g/mol. The summed E-state index contributed by atoms with van der Waals surface area (Å²) in [6.45, 7) is 4.12. The zero-order chi connectivity index (χ0) is 42.4. The fraction of sp³-hybridized carbons (Fsp3) is 0.413. The van der Waals surface area contributed by atoms with Gasteiger partial charge in [0.05, 0.1) is 18.6 Å². The van der Waals surface area contributed by atoms with E-state index in [2.05, 4.69) is 16.5 Å². The number of nitrogens with zero attached hydrogens (tertiary/aromatic N) is 3. The first-order valence-corrected chi connectivity index (χ1v) is 22.5. The summed E-state index contributed by atoms with van der Waals surface area (Å²) in [6, 6.07) is 27.0. The molecule has 0 radical (unpaired) electrons. The van der Waals surface area contributed by atoms with E-state index in [0.717, 1.165) is 24.8 Å². The Labute approximate surface area is 349 Å². The number of carbonyl (C=O) groups is 4. The van der Waals surface area contributed by atoms with E-state index in [1.807, 2.05) is 37.3 Å². The van der Waals surface area contributed by atoms with Gasteiger partial charge in [-0.1, -0.05) is 86.5 Å². The summed E-state index contributed by atoms with van der Waals surface area (Å²) in [7, 11) is -4.48. The lowest BCUT2D eigenvalue weighted by molar-refractivity contribution is -0.146. The summed E-state index contributed by atoms with van der Waals surface area (Å²) in [6.07, 6.45) is 4.52. The van der Waals surface area contributed by atoms with Crippen LogP contribution in [0.5, 0.6) is 5.75 Å². The van der Waals surface area contributed by atoms with Gasteiger partial charge in [0.1, 0.15) is 23.9 Å². The number of fused-ring (bicyclic) bond motifs is 2. The predicted octanol–water partition coefficient (Wildman–Crippen LogP) is 7.81. The lowest BCUT2D eigenvalue weighted by Crippen LogP contribution is -2.56. The number of carbonyl (C=O) groups excluding carboxylic acids is 4. The maximum atomic E-state index is 16.6. The summed E-state index contributed by atoms with van der Waals surface area (Å²) >= 11 is 0. The molecular formula is C46H51FN5O7P. The third kappa shape index (κ3) is 9.25. The van der Waals surface area contributed by atoms with Crippen molar-refractivity contribution >= 4 is 42.0 Å². The molecule has 8 atom stereocenters. The van der Waals surface area contributed by atoms with Crippen molar-refractivity contribution in [1.29, 1.82) is 5.26 Å². The molecule has 0 saturated carbocycles. The summed E-state index contributed by atoms with van der Waals surface area (Å²) in [5, 5.41) is 16.7. The number of benzene rings is 4. The molecule has 314 valence electrons. The van der Waals surface area contributed by atoms with E-state index in [4.69, 9.17) is 9.26 Å². The van der Waals surface area contributed by atoms with Gasteiger partial charge in [-0.15, -0.1) is 0 Å². The quantitative estimate of drug-likeness (QED) is 0.101. The Morgan fingerprint density at radius 2 is 1.63 bits per heavy atom. The Hall–Kier alpha value is -5.57. The van der Waals surface area contributed by atoms with E-state index in [1.54, 1.807) is 52.3 Å². The smallest absolute Gasteiger partial charge is 0.355 e. The SMILES string of the molecule is CCCOC(=O)[C@H](C)NP(=O)(Oc1ccccc1)C(F)c1ccc2ccc(C(=O)NC3CCCC[C@H]4CC[C@@H](C(=O)N5C[C@H](c6ccccc6)[C@@H](C#N)C5)N4C3=O)cc2c1. The molecule has 4 aromatic carbocycles. The number of amides is 3. The van der Waals surface area contributed by atoms with Gasteiger partial charge in [0, 0.05) is 30.6 Å². The molecule has 3 unspecified atom stereocenters. The number of hydrogen-bond acceptors (Lipinski definition) is 8. The predicted molar refractivity (Wildman–Crippen MR) is 225 cm³/mol. The minimum Gasteiger partial charge on any atom is -0.465 e. The highest BCUT2D eigenvalue weighted by Crippen LogP contribution is 2.58. The van der Waals surface area contributed by atoms with Crippen molar-refractivity contribution in [2.75, 3.05) is 19.7 Å². The molecule has 3 aliphatic heterocycles. The Morgan fingerprint density at radius 1 is 0.917 bits per heavy atom. The van der Waals surface area contributed by atoms with E-state index >= 15 is 4.39 Å². The Kier molecular flexibility index (Phi) is 13.3. The van der Waals surface area contributed by atoms with E-state index in [1.165, 1.54) is 31.2 Å². The van der Waals surface area contributed by atoms with Crippen molar-refractivity contribution in [3.63, 3.8) is 0 Å². The normalized spacial score (nSPS) is 23.6. The van der Waals surface area contributed by atoms with Crippen LogP contribution in [0.4, 0.5) is 4.39 Å². The Bertz CT molecular complexity index is 2290. The van der Waals surface area contributed by atoms with Crippen LogP contribution in [-0.2, 0) is 23.7 Å². The van der Waals surface area contributed by atoms with Crippen molar-refractivity contribution in [1.82, 2.24) is 20.2 Å². The van der Waals surface area contributed by atoms with Gasteiger partial charge in [0.2, 0.25) is 17.7 Å². The number of ether oxygens (including phenoxy) is 1. The number of halogens is 1. The minimum atomic E-state index is -4.48. The molecule has 14 heteroatoms. The maximum absolute atomic E-state index is 16.6. The molecule has 3 fully saturated rings. The number of likely N-dealkylation sites (tertiary alicyclic amines) is 1. The van der Waals surface area contributed by atoms with Crippen LogP contribution in [-0.4, -0.2) is 77.4 Å². The molecule has 3 heterocycles. The van der Waals surface area contributed by atoms with Crippen LogP contribution < -0.4 is 14.9 Å². The molecule has 0 aliphatic carbocycles. The summed E-state index contributed by atoms with van der Waals surface area (Å²) in [5.41, 5.74) is 1.24. The zero-order valence-electron chi connectivity index (χ0n) is 33.9. The van der Waals surface area contributed by atoms with Crippen LogP contribution in [0.3, 0.4) is 0 Å². The van der Waals surface area contributed by atoms with Gasteiger partial charge < -0.3 is 24.4 Å². The third-order valence-electron chi connectivity index (χ3n) is 11.8. The van der Waals surface area contributed by atoms with Crippen molar-refractivity contribution in [2.24, 2.45) is 5.92 Å². The van der Waals surface area contributed by atoms with Gasteiger partial charge in [-0.3, -0.25) is 23.7 Å². The average Bonchev–Trinajstić information content (AvgIpc) is 3.90. The second-order valence-electron chi connectivity index (χ2n) is 16.0. The fourth-order valence-electron chi connectivity index (χ4n) is 8.69. The van der Waals surface area contributed by atoms with Gasteiger partial charge in [0.15, 0.2) is 0 Å². The number of nitriles is 1. The Balaban J connectivity index is 1.08. The fourth-order valence-corrected chi connectivity index (χ4v) is 10.6.